The van der Waals surface area contributed by atoms with E-state index in [2.05, 4.69) is 20.0 Å². The fourth-order valence-corrected chi connectivity index (χ4v) is 1.68. The summed E-state index contributed by atoms with van der Waals surface area (Å²) < 4.78 is 30.5. The summed E-state index contributed by atoms with van der Waals surface area (Å²) in [5.41, 5.74) is 1.13. The Labute approximate surface area is 120 Å². The first-order valence-corrected chi connectivity index (χ1v) is 6.11. The van der Waals surface area contributed by atoms with E-state index in [4.69, 9.17) is 0 Å². The van der Waals surface area contributed by atoms with Gasteiger partial charge in [0.15, 0.2) is 11.6 Å². The molecule has 7 heteroatoms. The molecule has 1 heterocycles. The van der Waals surface area contributed by atoms with Gasteiger partial charge in [-0.1, -0.05) is 6.07 Å². The molecule has 0 spiro atoms. The van der Waals surface area contributed by atoms with Crippen molar-refractivity contribution < 1.29 is 18.3 Å². The van der Waals surface area contributed by atoms with Crippen LogP contribution in [-0.2, 0) is 11.3 Å². The second-order valence-electron chi connectivity index (χ2n) is 4.31. The van der Waals surface area contributed by atoms with Gasteiger partial charge in [-0.15, -0.1) is 0 Å². The molecule has 110 valence electrons. The fourth-order valence-electron chi connectivity index (χ4n) is 1.68. The Balaban J connectivity index is 2.14. The largest absolute Gasteiger partial charge is 0.463 e. The molecule has 1 aromatic carbocycles. The Morgan fingerprint density at radius 3 is 2.67 bits per heavy atom. The number of nitrogens with zero attached hydrogens (tertiary/aromatic N) is 2. The maximum atomic E-state index is 13.1. The van der Waals surface area contributed by atoms with Crippen molar-refractivity contribution >= 4 is 11.8 Å². The summed E-state index contributed by atoms with van der Waals surface area (Å²) in [5.74, 6) is -2.12. The standard InChI is InChI=1S/C14H13F2N3O2/c1-8-5-12(19-13(18-8)14(20)21-2)17-7-9-3-4-10(15)11(16)6-9/h3-6H,7H2,1-2H3,(H,17,18,19). The maximum Gasteiger partial charge on any atom is 0.376 e. The van der Waals surface area contributed by atoms with Gasteiger partial charge in [-0.2, -0.15) is 0 Å². The molecule has 0 unspecified atom stereocenters. The second-order valence-corrected chi connectivity index (χ2v) is 4.31. The third-order valence-corrected chi connectivity index (χ3v) is 2.68. The number of carbonyl (C=O) groups excluding carboxylic acids is 1. The van der Waals surface area contributed by atoms with Crippen molar-refractivity contribution in [2.75, 3.05) is 12.4 Å². The van der Waals surface area contributed by atoms with E-state index < -0.39 is 17.6 Å². The smallest absolute Gasteiger partial charge is 0.376 e. The molecule has 0 saturated carbocycles. The lowest BCUT2D eigenvalue weighted by molar-refractivity contribution is 0.0586. The molecule has 21 heavy (non-hydrogen) atoms. The molecular weight excluding hydrogens is 280 g/mol. The molecule has 2 rings (SSSR count). The predicted molar refractivity (Wildman–Crippen MR) is 71.8 cm³/mol. The van der Waals surface area contributed by atoms with Gasteiger partial charge in [-0.3, -0.25) is 0 Å². The van der Waals surface area contributed by atoms with E-state index in [1.807, 2.05) is 0 Å². The van der Waals surface area contributed by atoms with Gasteiger partial charge in [0.1, 0.15) is 5.82 Å². The lowest BCUT2D eigenvalue weighted by atomic mass is 10.2. The molecule has 0 radical (unpaired) electrons. The maximum absolute atomic E-state index is 13.1. The highest BCUT2D eigenvalue weighted by Gasteiger charge is 2.11. The van der Waals surface area contributed by atoms with Crippen LogP contribution in [0.3, 0.4) is 0 Å². The summed E-state index contributed by atoms with van der Waals surface area (Å²) >= 11 is 0. The molecule has 0 aliphatic heterocycles. The van der Waals surface area contributed by atoms with Crippen LogP contribution < -0.4 is 5.32 Å². The van der Waals surface area contributed by atoms with Crippen molar-refractivity contribution in [1.82, 2.24) is 9.97 Å². The zero-order valence-corrected chi connectivity index (χ0v) is 11.5. The van der Waals surface area contributed by atoms with E-state index in [-0.39, 0.29) is 12.4 Å². The summed E-state index contributed by atoms with van der Waals surface area (Å²) in [6.45, 7) is 1.94. The summed E-state index contributed by atoms with van der Waals surface area (Å²) in [6.07, 6.45) is 0. The first kappa shape index (κ1) is 14.8. The van der Waals surface area contributed by atoms with Crippen LogP contribution in [0.15, 0.2) is 24.3 Å². The number of esters is 1. The Bertz CT molecular complexity index is 677. The number of nitrogens with one attached hydrogen (secondary N) is 1. The average molecular weight is 293 g/mol. The van der Waals surface area contributed by atoms with Crippen molar-refractivity contribution in [3.05, 3.63) is 53.0 Å². The van der Waals surface area contributed by atoms with Gasteiger partial charge in [-0.25, -0.2) is 23.5 Å². The normalized spacial score (nSPS) is 10.3. The minimum absolute atomic E-state index is 0.0645. The summed E-state index contributed by atoms with van der Waals surface area (Å²) in [5, 5.41) is 2.92. The van der Waals surface area contributed by atoms with Crippen molar-refractivity contribution in [3.8, 4) is 0 Å². The molecular formula is C14H13F2N3O2. The number of carbonyl (C=O) groups is 1. The third kappa shape index (κ3) is 3.71. The van der Waals surface area contributed by atoms with Gasteiger partial charge in [0, 0.05) is 18.3 Å². The average Bonchev–Trinajstić information content (AvgIpc) is 2.47. The number of hydrogen-bond acceptors (Lipinski definition) is 5. The highest BCUT2D eigenvalue weighted by molar-refractivity contribution is 5.85. The SMILES string of the molecule is COC(=O)c1nc(C)cc(NCc2ccc(F)c(F)c2)n1. The summed E-state index contributed by atoms with van der Waals surface area (Å²) in [6, 6.07) is 5.24. The number of anilines is 1. The summed E-state index contributed by atoms with van der Waals surface area (Å²) in [4.78, 5) is 19.4. The number of rotatable bonds is 4. The van der Waals surface area contributed by atoms with E-state index in [1.165, 1.54) is 13.2 Å². The third-order valence-electron chi connectivity index (χ3n) is 2.68. The van der Waals surface area contributed by atoms with E-state index in [1.54, 1.807) is 13.0 Å². The van der Waals surface area contributed by atoms with Crippen LogP contribution in [0.5, 0.6) is 0 Å². The van der Waals surface area contributed by atoms with Crippen LogP contribution in [0.1, 0.15) is 21.9 Å². The van der Waals surface area contributed by atoms with Gasteiger partial charge in [0.25, 0.3) is 0 Å². The van der Waals surface area contributed by atoms with Crippen LogP contribution in [0.25, 0.3) is 0 Å². The van der Waals surface area contributed by atoms with E-state index in [0.717, 1.165) is 12.1 Å². The first-order chi connectivity index (χ1) is 9.99. The molecule has 0 saturated heterocycles. The molecule has 5 nitrogen and oxygen atoms in total. The highest BCUT2D eigenvalue weighted by Crippen LogP contribution is 2.12. The highest BCUT2D eigenvalue weighted by atomic mass is 19.2. The fraction of sp³-hybridized carbons (Fsp3) is 0.214. The quantitative estimate of drug-likeness (QED) is 0.877. The van der Waals surface area contributed by atoms with Gasteiger partial charge in [-0.05, 0) is 24.6 Å². The van der Waals surface area contributed by atoms with Crippen molar-refractivity contribution in [1.29, 1.82) is 0 Å². The van der Waals surface area contributed by atoms with Gasteiger partial charge >= 0.3 is 5.97 Å². The number of aryl methyl sites for hydroxylation is 1. The molecule has 0 aliphatic carbocycles. The topological polar surface area (TPSA) is 64.1 Å². The van der Waals surface area contributed by atoms with Crippen molar-refractivity contribution in [2.24, 2.45) is 0 Å². The van der Waals surface area contributed by atoms with Crippen molar-refractivity contribution in [2.45, 2.75) is 13.5 Å². The number of ether oxygens (including phenoxy) is 1. The lowest BCUT2D eigenvalue weighted by Crippen LogP contribution is -2.11. The molecule has 0 amide bonds. The van der Waals surface area contributed by atoms with Crippen LogP contribution >= 0.6 is 0 Å². The van der Waals surface area contributed by atoms with Gasteiger partial charge < -0.3 is 10.1 Å². The minimum atomic E-state index is -0.914. The summed E-state index contributed by atoms with van der Waals surface area (Å²) in [7, 11) is 1.24. The zero-order chi connectivity index (χ0) is 15.4. The monoisotopic (exact) mass is 293 g/mol. The zero-order valence-electron chi connectivity index (χ0n) is 11.5. The lowest BCUT2D eigenvalue weighted by Gasteiger charge is -2.08. The molecule has 0 aliphatic rings. The number of hydrogen-bond donors (Lipinski definition) is 1. The van der Waals surface area contributed by atoms with Crippen molar-refractivity contribution in [3.63, 3.8) is 0 Å². The molecule has 1 N–H and O–H groups in total. The number of methoxy groups -OCH3 is 1. The van der Waals surface area contributed by atoms with Gasteiger partial charge in [0.05, 0.1) is 7.11 Å². The van der Waals surface area contributed by atoms with Crippen LogP contribution in [0.2, 0.25) is 0 Å². The Morgan fingerprint density at radius 2 is 2.00 bits per heavy atom. The van der Waals surface area contributed by atoms with E-state index >= 15 is 0 Å². The Hall–Kier alpha value is -2.57. The van der Waals surface area contributed by atoms with Crippen LogP contribution in [0, 0.1) is 18.6 Å². The molecule has 0 atom stereocenters. The molecule has 2 aromatic rings. The number of benzene rings is 1. The molecule has 0 bridgehead atoms. The van der Waals surface area contributed by atoms with E-state index in [9.17, 15) is 13.6 Å². The number of halogens is 2. The number of aromatic nitrogens is 2. The van der Waals surface area contributed by atoms with Gasteiger partial charge in [0.2, 0.25) is 5.82 Å². The predicted octanol–water partition coefficient (Wildman–Crippen LogP) is 2.46. The van der Waals surface area contributed by atoms with E-state index in [0.29, 0.717) is 17.1 Å². The van der Waals surface area contributed by atoms with Crippen LogP contribution in [-0.4, -0.2) is 23.0 Å². The minimum Gasteiger partial charge on any atom is -0.463 e. The first-order valence-electron chi connectivity index (χ1n) is 6.11. The molecule has 1 aromatic heterocycles. The van der Waals surface area contributed by atoms with Crippen LogP contribution in [0.4, 0.5) is 14.6 Å². The molecule has 0 fully saturated rings. The Kier molecular flexibility index (Phi) is 4.42. The Morgan fingerprint density at radius 1 is 1.24 bits per heavy atom. The second kappa shape index (κ2) is 6.25.